The summed E-state index contributed by atoms with van der Waals surface area (Å²) >= 11 is 0. The Labute approximate surface area is 177 Å². The zero-order chi connectivity index (χ0) is 21.3. The molecule has 1 aromatic carbocycles. The molecule has 1 aromatic rings. The number of hydrogen-bond acceptors (Lipinski definition) is 0. The molecule has 0 radical (unpaired) electrons. The molecule has 2 heteroatoms. The highest BCUT2D eigenvalue weighted by Crippen LogP contribution is 2.42. The topological polar surface area (TPSA) is 0 Å². The van der Waals surface area contributed by atoms with E-state index in [1.807, 2.05) is 0 Å². The molecule has 0 atom stereocenters. The van der Waals surface area contributed by atoms with E-state index < -0.39 is 0 Å². The predicted octanol–water partition coefficient (Wildman–Crippen LogP) is 6.87. The molecule has 162 valence electrons. The van der Waals surface area contributed by atoms with Crippen LogP contribution in [0.4, 0.5) is 0 Å². The fourth-order valence-corrected chi connectivity index (χ4v) is 5.17. The van der Waals surface area contributed by atoms with Crippen molar-refractivity contribution in [3.05, 3.63) is 35.4 Å². The molecule has 28 heavy (non-hydrogen) atoms. The number of benzene rings is 1. The second-order valence-corrected chi connectivity index (χ2v) is 10.6. The summed E-state index contributed by atoms with van der Waals surface area (Å²) in [7, 11) is 14.2. The Bertz CT molecular complexity index is 517. The van der Waals surface area contributed by atoms with Crippen LogP contribution in [0.2, 0.25) is 0 Å². The van der Waals surface area contributed by atoms with Gasteiger partial charge < -0.3 is 0 Å². The van der Waals surface area contributed by atoms with Gasteiger partial charge in [0.1, 0.15) is 0 Å². The first-order valence-corrected chi connectivity index (χ1v) is 11.8. The summed E-state index contributed by atoms with van der Waals surface area (Å²) < 4.78 is 1.91. The van der Waals surface area contributed by atoms with Gasteiger partial charge in [-0.05, 0) is 25.5 Å². The van der Waals surface area contributed by atoms with Gasteiger partial charge in [0.2, 0.25) is 0 Å². The van der Waals surface area contributed by atoms with Gasteiger partial charge in [0, 0.05) is 0 Å². The Balaban J connectivity index is 2.69. The number of rotatable bonds is 14. The fraction of sp³-hybridized carbons (Fsp3) is 0.769. The van der Waals surface area contributed by atoms with Crippen LogP contribution >= 0.6 is 0 Å². The summed E-state index contributed by atoms with van der Waals surface area (Å²) in [5.74, 6) is 0. The molecule has 0 aromatic heterocycles. The lowest BCUT2D eigenvalue weighted by molar-refractivity contribution is -1.14. The minimum Gasteiger partial charge on any atom is -0.275 e. The van der Waals surface area contributed by atoms with Gasteiger partial charge in [-0.25, -0.2) is 0 Å². The average Bonchev–Trinajstić information content (AvgIpc) is 2.58. The van der Waals surface area contributed by atoms with Gasteiger partial charge in [-0.1, -0.05) is 82.4 Å². The lowest BCUT2D eigenvalue weighted by Gasteiger charge is -2.53. The van der Waals surface area contributed by atoms with E-state index in [-0.39, 0.29) is 5.66 Å². The molecule has 0 N–H and O–H groups in total. The quantitative estimate of drug-likeness (QED) is 0.185. The molecule has 0 unspecified atom stereocenters. The normalized spacial score (nSPS) is 13.1. The molecule has 0 fully saturated rings. The second kappa shape index (κ2) is 11.4. The molecule has 0 amide bonds. The predicted molar refractivity (Wildman–Crippen MR) is 125 cm³/mol. The SMILES string of the molecule is CCCCCCCCCCCCC(c1ccc(C)cc1)([N+](C)(C)C)[N+](C)(C)C. The molecular formula is C26H50N2+2. The monoisotopic (exact) mass is 390 g/mol. The third-order valence-electron chi connectivity index (χ3n) is 6.61. The molecule has 1 rings (SSSR count). The van der Waals surface area contributed by atoms with Crippen LogP contribution in [0, 0.1) is 6.92 Å². The van der Waals surface area contributed by atoms with Crippen molar-refractivity contribution in [1.82, 2.24) is 0 Å². The standard InChI is InChI=1S/C26H50N2/c1-9-10-11-12-13-14-15-16-17-18-23-26(27(3,4)5,28(6,7)8)25-21-19-24(2)20-22-25/h19-22H,9-18,23H2,1-8H3/q+2. The van der Waals surface area contributed by atoms with Gasteiger partial charge in [-0.3, -0.25) is 8.97 Å². The van der Waals surface area contributed by atoms with Gasteiger partial charge in [0.25, 0.3) is 5.66 Å². The lowest BCUT2D eigenvalue weighted by Crippen LogP contribution is -2.69. The number of unbranched alkanes of at least 4 members (excludes halogenated alkanes) is 9. The Hall–Kier alpha value is -0.860. The average molecular weight is 391 g/mol. The van der Waals surface area contributed by atoms with Crippen LogP contribution < -0.4 is 0 Å². The van der Waals surface area contributed by atoms with Crippen molar-refractivity contribution in [1.29, 1.82) is 0 Å². The van der Waals surface area contributed by atoms with Gasteiger partial charge in [0.05, 0.1) is 54.3 Å². The van der Waals surface area contributed by atoms with Crippen LogP contribution in [0.3, 0.4) is 0 Å². The summed E-state index contributed by atoms with van der Waals surface area (Å²) in [6.45, 7) is 4.48. The summed E-state index contributed by atoms with van der Waals surface area (Å²) in [5.41, 5.74) is 2.90. The molecule has 2 nitrogen and oxygen atoms in total. The van der Waals surface area contributed by atoms with Gasteiger partial charge in [-0.2, -0.15) is 0 Å². The summed E-state index contributed by atoms with van der Waals surface area (Å²) in [5, 5.41) is 0. The van der Waals surface area contributed by atoms with Crippen molar-refractivity contribution >= 4 is 0 Å². The molecule has 0 saturated heterocycles. The van der Waals surface area contributed by atoms with Crippen molar-refractivity contribution in [2.45, 2.75) is 90.1 Å². The minimum absolute atomic E-state index is 0.0772. The van der Waals surface area contributed by atoms with Crippen molar-refractivity contribution in [3.63, 3.8) is 0 Å². The zero-order valence-corrected chi connectivity index (χ0v) is 20.5. The molecule has 0 bridgehead atoms. The summed E-state index contributed by atoms with van der Waals surface area (Å²) in [6.07, 6.45) is 15.2. The Morgan fingerprint density at radius 1 is 0.607 bits per heavy atom. The van der Waals surface area contributed by atoms with Gasteiger partial charge in [0.15, 0.2) is 0 Å². The first-order chi connectivity index (χ1) is 13.1. The largest absolute Gasteiger partial charge is 0.275 e. The summed E-state index contributed by atoms with van der Waals surface area (Å²) in [6, 6.07) is 9.32. The molecule has 0 heterocycles. The van der Waals surface area contributed by atoms with Gasteiger partial charge in [-0.15, -0.1) is 0 Å². The molecule has 0 spiro atoms. The Morgan fingerprint density at radius 3 is 1.39 bits per heavy atom. The van der Waals surface area contributed by atoms with Crippen LogP contribution in [0.25, 0.3) is 0 Å². The number of quaternary nitrogens is 2. The molecule has 0 aliphatic carbocycles. The maximum atomic E-state index is 2.37. The van der Waals surface area contributed by atoms with Crippen LogP contribution in [-0.2, 0) is 5.66 Å². The van der Waals surface area contributed by atoms with Crippen molar-refractivity contribution in [2.75, 3.05) is 42.3 Å². The smallest absolute Gasteiger partial charge is 0.251 e. The minimum atomic E-state index is 0.0772. The first kappa shape index (κ1) is 25.2. The van der Waals surface area contributed by atoms with Crippen molar-refractivity contribution in [3.8, 4) is 0 Å². The highest BCUT2D eigenvalue weighted by atomic mass is 15.5. The molecule has 0 saturated carbocycles. The van der Waals surface area contributed by atoms with Crippen LogP contribution in [-0.4, -0.2) is 51.3 Å². The van der Waals surface area contributed by atoms with E-state index >= 15 is 0 Å². The van der Waals surface area contributed by atoms with E-state index in [2.05, 4.69) is 80.4 Å². The third kappa shape index (κ3) is 6.88. The van der Waals surface area contributed by atoms with E-state index in [4.69, 9.17) is 0 Å². The van der Waals surface area contributed by atoms with Gasteiger partial charge >= 0.3 is 0 Å². The van der Waals surface area contributed by atoms with E-state index in [0.717, 1.165) is 8.97 Å². The number of aryl methyl sites for hydroxylation is 1. The van der Waals surface area contributed by atoms with Crippen LogP contribution in [0.15, 0.2) is 24.3 Å². The molecule has 0 aliphatic heterocycles. The summed E-state index contributed by atoms with van der Waals surface area (Å²) in [4.78, 5) is 0. The Morgan fingerprint density at radius 2 is 1.00 bits per heavy atom. The van der Waals surface area contributed by atoms with E-state index in [1.165, 1.54) is 81.8 Å². The number of hydrogen-bond donors (Lipinski definition) is 0. The number of nitrogens with zero attached hydrogens (tertiary/aromatic N) is 2. The highest BCUT2D eigenvalue weighted by Gasteiger charge is 2.55. The Kier molecular flexibility index (Phi) is 10.2. The molecular weight excluding hydrogens is 340 g/mol. The lowest BCUT2D eigenvalue weighted by atomic mass is 9.86. The maximum Gasteiger partial charge on any atom is 0.251 e. The fourth-order valence-electron chi connectivity index (χ4n) is 5.17. The zero-order valence-electron chi connectivity index (χ0n) is 20.5. The molecule has 0 aliphatic rings. The van der Waals surface area contributed by atoms with Crippen LogP contribution in [0.5, 0.6) is 0 Å². The van der Waals surface area contributed by atoms with Crippen molar-refractivity contribution < 1.29 is 8.97 Å². The van der Waals surface area contributed by atoms with E-state index in [1.54, 1.807) is 0 Å². The maximum absolute atomic E-state index is 2.37. The second-order valence-electron chi connectivity index (χ2n) is 10.6. The van der Waals surface area contributed by atoms with E-state index in [9.17, 15) is 0 Å². The van der Waals surface area contributed by atoms with Crippen molar-refractivity contribution in [2.24, 2.45) is 0 Å². The van der Waals surface area contributed by atoms with E-state index in [0.29, 0.717) is 0 Å². The highest BCUT2D eigenvalue weighted by molar-refractivity contribution is 5.25. The van der Waals surface area contributed by atoms with Crippen LogP contribution in [0.1, 0.15) is 88.7 Å². The first-order valence-electron chi connectivity index (χ1n) is 11.8. The third-order valence-corrected chi connectivity index (χ3v) is 6.61.